The first-order valence-electron chi connectivity index (χ1n) is 9.07. The Hall–Kier alpha value is -2.07. The zero-order valence-corrected chi connectivity index (χ0v) is 15.2. The van der Waals surface area contributed by atoms with Crippen LogP contribution in [0, 0.1) is 12.8 Å². The van der Waals surface area contributed by atoms with E-state index in [2.05, 4.69) is 17.4 Å². The highest BCUT2D eigenvalue weighted by molar-refractivity contribution is 5.95. The molecule has 2 N–H and O–H groups in total. The lowest BCUT2D eigenvalue weighted by molar-refractivity contribution is 0.0239. The van der Waals surface area contributed by atoms with Gasteiger partial charge in [0.05, 0.1) is 11.7 Å². The molecule has 25 heavy (non-hydrogen) atoms. The second kappa shape index (κ2) is 7.44. The largest absolute Gasteiger partial charge is 0.465 e. The highest BCUT2D eigenvalue weighted by atomic mass is 16.3. The number of hydrogen-bond acceptors (Lipinski definition) is 3. The number of hydrogen-bond donors (Lipinski definition) is 2. The Morgan fingerprint density at radius 1 is 1.28 bits per heavy atom. The lowest BCUT2D eigenvalue weighted by atomic mass is 9.75. The average molecular weight is 341 g/mol. The van der Waals surface area contributed by atoms with E-state index < -0.39 is 0 Å². The summed E-state index contributed by atoms with van der Waals surface area (Å²) >= 11 is 0. The van der Waals surface area contributed by atoms with Crippen LogP contribution in [0.5, 0.6) is 0 Å². The summed E-state index contributed by atoms with van der Waals surface area (Å²) in [7, 11) is 0. The van der Waals surface area contributed by atoms with Crippen molar-refractivity contribution in [2.75, 3.05) is 0 Å². The number of aliphatic hydroxyl groups excluding tert-OH is 1. The van der Waals surface area contributed by atoms with Crippen LogP contribution in [0.15, 0.2) is 40.8 Å². The Morgan fingerprint density at radius 3 is 2.52 bits per heavy atom. The summed E-state index contributed by atoms with van der Waals surface area (Å²) in [6, 6.07) is 12.0. The summed E-state index contributed by atoms with van der Waals surface area (Å²) in [6.45, 7) is 5.93. The van der Waals surface area contributed by atoms with Crippen LogP contribution in [0.3, 0.4) is 0 Å². The van der Waals surface area contributed by atoms with Crippen LogP contribution < -0.4 is 5.32 Å². The maximum Gasteiger partial charge on any atom is 0.255 e. The van der Waals surface area contributed by atoms with E-state index in [1.807, 2.05) is 45.0 Å². The summed E-state index contributed by atoms with van der Waals surface area (Å²) < 4.78 is 5.71. The van der Waals surface area contributed by atoms with Crippen LogP contribution in [0.4, 0.5) is 0 Å². The van der Waals surface area contributed by atoms with Gasteiger partial charge in [0.25, 0.3) is 5.91 Å². The molecule has 1 heterocycles. The van der Waals surface area contributed by atoms with Crippen molar-refractivity contribution in [3.8, 4) is 0 Å². The second-order valence-corrected chi connectivity index (χ2v) is 7.43. The number of amides is 1. The predicted molar refractivity (Wildman–Crippen MR) is 97.7 cm³/mol. The van der Waals surface area contributed by atoms with Gasteiger partial charge >= 0.3 is 0 Å². The quantitative estimate of drug-likeness (QED) is 0.839. The maximum atomic E-state index is 12.8. The molecule has 1 aromatic carbocycles. The molecule has 0 spiro atoms. The van der Waals surface area contributed by atoms with Crippen LogP contribution >= 0.6 is 0 Å². The minimum atomic E-state index is -0.233. The van der Waals surface area contributed by atoms with Crippen LogP contribution in [0.25, 0.3) is 0 Å². The molecule has 3 rings (SSSR count). The summed E-state index contributed by atoms with van der Waals surface area (Å²) in [6.07, 6.45) is 2.04. The highest BCUT2D eigenvalue weighted by Gasteiger charge is 2.35. The summed E-state index contributed by atoms with van der Waals surface area (Å²) in [5, 5.41) is 12.9. The van der Waals surface area contributed by atoms with Crippen molar-refractivity contribution in [1.29, 1.82) is 0 Å². The number of carbonyl (C=O) groups is 1. The van der Waals surface area contributed by atoms with Crippen molar-refractivity contribution in [2.24, 2.45) is 5.92 Å². The predicted octanol–water partition coefficient (Wildman–Crippen LogP) is 3.82. The lowest BCUT2D eigenvalue weighted by Crippen LogP contribution is -2.48. The van der Waals surface area contributed by atoms with Gasteiger partial charge in [0, 0.05) is 12.0 Å². The molecule has 0 radical (unpaired) electrons. The van der Waals surface area contributed by atoms with Gasteiger partial charge in [-0.1, -0.05) is 44.2 Å². The Labute approximate surface area is 149 Å². The fourth-order valence-corrected chi connectivity index (χ4v) is 3.42. The third-order valence-electron chi connectivity index (χ3n) is 5.08. The topological polar surface area (TPSA) is 62.5 Å². The van der Waals surface area contributed by atoms with Gasteiger partial charge in [-0.2, -0.15) is 0 Å². The molecule has 4 nitrogen and oxygen atoms in total. The van der Waals surface area contributed by atoms with Crippen molar-refractivity contribution in [3.05, 3.63) is 59.0 Å². The Bertz CT molecular complexity index is 714. The first-order chi connectivity index (χ1) is 11.9. The van der Waals surface area contributed by atoms with Gasteiger partial charge in [0.2, 0.25) is 0 Å². The standard InChI is InChI=1S/C21H27NO3/c1-13(2)20-12-18(14(3)25-20)21(24)22-19(16-10-17(23)11-16)9-15-7-5-4-6-8-15/h4-8,12-13,16-17,19,23H,9-11H2,1-3H3,(H,22,24). The molecule has 0 aliphatic heterocycles. The number of aryl methyl sites for hydroxylation is 1. The number of furan rings is 1. The molecule has 0 bridgehead atoms. The van der Waals surface area contributed by atoms with Gasteiger partial charge in [-0.15, -0.1) is 0 Å². The van der Waals surface area contributed by atoms with Crippen LogP contribution in [0.1, 0.15) is 60.0 Å². The molecule has 1 amide bonds. The fraction of sp³-hybridized carbons (Fsp3) is 0.476. The summed E-state index contributed by atoms with van der Waals surface area (Å²) in [5.74, 6) is 1.98. The van der Waals surface area contributed by atoms with Crippen molar-refractivity contribution in [2.45, 2.75) is 58.1 Å². The first-order valence-corrected chi connectivity index (χ1v) is 9.07. The van der Waals surface area contributed by atoms with Crippen LogP contribution in [-0.4, -0.2) is 23.2 Å². The van der Waals surface area contributed by atoms with Crippen LogP contribution in [-0.2, 0) is 6.42 Å². The molecule has 1 aliphatic rings. The number of carbonyl (C=O) groups excluding carboxylic acids is 1. The molecule has 1 aliphatic carbocycles. The van der Waals surface area contributed by atoms with Crippen LogP contribution in [0.2, 0.25) is 0 Å². The van der Waals surface area contributed by atoms with Crippen molar-refractivity contribution in [1.82, 2.24) is 5.32 Å². The molecular formula is C21H27NO3. The normalized spacial score (nSPS) is 21.0. The van der Waals surface area contributed by atoms with Gasteiger partial charge in [0.1, 0.15) is 11.5 Å². The van der Waals surface area contributed by atoms with Gasteiger partial charge in [-0.05, 0) is 43.7 Å². The van der Waals surface area contributed by atoms with Gasteiger partial charge in [0.15, 0.2) is 0 Å². The SMILES string of the molecule is Cc1oc(C(C)C)cc1C(=O)NC(Cc1ccccc1)C1CC(O)C1. The highest BCUT2D eigenvalue weighted by Crippen LogP contribution is 2.32. The zero-order chi connectivity index (χ0) is 18.0. The van der Waals surface area contributed by atoms with E-state index in [1.54, 1.807) is 0 Å². The second-order valence-electron chi connectivity index (χ2n) is 7.43. The molecule has 4 heteroatoms. The average Bonchev–Trinajstić information content (AvgIpc) is 2.94. The van der Waals surface area contributed by atoms with Gasteiger partial charge in [-0.25, -0.2) is 0 Å². The van der Waals surface area contributed by atoms with Crippen molar-refractivity contribution in [3.63, 3.8) is 0 Å². The fourth-order valence-electron chi connectivity index (χ4n) is 3.42. The van der Waals surface area contributed by atoms with Crippen molar-refractivity contribution >= 4 is 5.91 Å². The maximum absolute atomic E-state index is 12.8. The molecule has 1 saturated carbocycles. The van der Waals surface area contributed by atoms with E-state index in [-0.39, 0.29) is 24.0 Å². The molecule has 1 atom stereocenters. The summed E-state index contributed by atoms with van der Waals surface area (Å²) in [5.41, 5.74) is 1.81. The number of benzene rings is 1. The van der Waals surface area contributed by atoms with E-state index in [4.69, 9.17) is 4.42 Å². The first kappa shape index (κ1) is 17.7. The van der Waals surface area contributed by atoms with E-state index in [9.17, 15) is 9.90 Å². The number of aliphatic hydroxyl groups is 1. The Morgan fingerprint density at radius 2 is 1.96 bits per heavy atom. The van der Waals surface area contributed by atoms with E-state index in [1.165, 1.54) is 5.56 Å². The number of nitrogens with one attached hydrogen (secondary N) is 1. The van der Waals surface area contributed by atoms with Gasteiger partial charge < -0.3 is 14.8 Å². The van der Waals surface area contributed by atoms with E-state index >= 15 is 0 Å². The third-order valence-corrected chi connectivity index (χ3v) is 5.08. The molecule has 0 saturated heterocycles. The smallest absolute Gasteiger partial charge is 0.255 e. The zero-order valence-electron chi connectivity index (χ0n) is 15.2. The third kappa shape index (κ3) is 4.13. The van der Waals surface area contributed by atoms with E-state index in [0.717, 1.165) is 25.0 Å². The van der Waals surface area contributed by atoms with E-state index in [0.29, 0.717) is 17.2 Å². The molecule has 1 fully saturated rings. The Balaban J connectivity index is 1.74. The molecule has 134 valence electrons. The van der Waals surface area contributed by atoms with Gasteiger partial charge in [-0.3, -0.25) is 4.79 Å². The molecule has 1 aromatic heterocycles. The minimum Gasteiger partial charge on any atom is -0.465 e. The molecule has 1 unspecified atom stereocenters. The molecular weight excluding hydrogens is 314 g/mol. The summed E-state index contributed by atoms with van der Waals surface area (Å²) in [4.78, 5) is 12.8. The molecule has 2 aromatic rings. The Kier molecular flexibility index (Phi) is 5.28. The minimum absolute atomic E-state index is 0.0232. The number of rotatable bonds is 6. The van der Waals surface area contributed by atoms with Crippen molar-refractivity contribution < 1.29 is 14.3 Å². The lowest BCUT2D eigenvalue weighted by Gasteiger charge is -2.38. The monoisotopic (exact) mass is 341 g/mol.